The molecule has 1 atom stereocenters. The summed E-state index contributed by atoms with van der Waals surface area (Å²) in [5.41, 5.74) is 2.64. The Balaban J connectivity index is 1.47. The van der Waals surface area contributed by atoms with E-state index in [0.29, 0.717) is 48.7 Å². The summed E-state index contributed by atoms with van der Waals surface area (Å²) in [6.45, 7) is 4.28. The van der Waals surface area contributed by atoms with Crippen molar-refractivity contribution in [3.05, 3.63) is 99.5 Å². The van der Waals surface area contributed by atoms with Gasteiger partial charge in [0.2, 0.25) is 0 Å². The van der Waals surface area contributed by atoms with Crippen molar-refractivity contribution in [3.8, 4) is 5.75 Å². The van der Waals surface area contributed by atoms with Gasteiger partial charge in [0.05, 0.1) is 13.2 Å². The van der Waals surface area contributed by atoms with Crippen LogP contribution in [0.5, 0.6) is 5.75 Å². The standard InChI is InChI=1S/C32H37Cl2NO7/c1-2-40-30(31(36)37)20-24-10-12-29(13-11-24)41-17-15-35(32(38)42-23-25-8-4-3-5-9-25)14-6-7-16-39-22-26-18-27(33)21-28(34)19-26/h3-5,8-13,18-19,21,30H,2,6-7,14-17,20,22-23H2,1H3,(H,36,37). The number of hydrogen-bond acceptors (Lipinski definition) is 6. The molecular formula is C32H37Cl2NO7. The average molecular weight is 619 g/mol. The quantitative estimate of drug-likeness (QED) is 0.153. The Morgan fingerprint density at radius 3 is 2.21 bits per heavy atom. The molecule has 1 N–H and O–H groups in total. The van der Waals surface area contributed by atoms with Crippen molar-refractivity contribution in [1.29, 1.82) is 0 Å². The van der Waals surface area contributed by atoms with Crippen LogP contribution in [0.1, 0.15) is 36.5 Å². The molecule has 3 aromatic carbocycles. The summed E-state index contributed by atoms with van der Waals surface area (Å²) in [5, 5.41) is 10.4. The van der Waals surface area contributed by atoms with Gasteiger partial charge in [-0.3, -0.25) is 0 Å². The predicted octanol–water partition coefficient (Wildman–Crippen LogP) is 7.04. The van der Waals surface area contributed by atoms with Crippen molar-refractivity contribution in [1.82, 2.24) is 4.90 Å². The topological polar surface area (TPSA) is 94.5 Å². The van der Waals surface area contributed by atoms with E-state index in [4.69, 9.17) is 42.1 Å². The molecule has 42 heavy (non-hydrogen) atoms. The smallest absolute Gasteiger partial charge is 0.410 e. The molecule has 0 heterocycles. The number of hydrogen-bond donors (Lipinski definition) is 1. The summed E-state index contributed by atoms with van der Waals surface area (Å²) in [6, 6.07) is 22.0. The Bertz CT molecular complexity index is 1220. The van der Waals surface area contributed by atoms with Gasteiger partial charge >= 0.3 is 12.1 Å². The van der Waals surface area contributed by atoms with E-state index in [0.717, 1.165) is 29.5 Å². The van der Waals surface area contributed by atoms with E-state index in [1.807, 2.05) is 54.6 Å². The fourth-order valence-electron chi connectivity index (χ4n) is 4.12. The summed E-state index contributed by atoms with van der Waals surface area (Å²) in [7, 11) is 0. The number of nitrogens with zero attached hydrogens (tertiary/aromatic N) is 1. The second kappa shape index (κ2) is 18.3. The first-order valence-corrected chi connectivity index (χ1v) is 14.6. The highest BCUT2D eigenvalue weighted by Gasteiger charge is 2.18. The van der Waals surface area contributed by atoms with Gasteiger partial charge < -0.3 is 29.0 Å². The zero-order valence-electron chi connectivity index (χ0n) is 23.7. The first-order chi connectivity index (χ1) is 20.3. The van der Waals surface area contributed by atoms with Gasteiger partial charge in [-0.15, -0.1) is 0 Å². The van der Waals surface area contributed by atoms with Crippen LogP contribution in [-0.2, 0) is 38.6 Å². The minimum atomic E-state index is -0.992. The lowest BCUT2D eigenvalue weighted by atomic mass is 10.1. The molecule has 1 unspecified atom stereocenters. The second-order valence-corrected chi connectivity index (χ2v) is 10.4. The largest absolute Gasteiger partial charge is 0.492 e. The lowest BCUT2D eigenvalue weighted by Gasteiger charge is -2.22. The van der Waals surface area contributed by atoms with Gasteiger partial charge in [0.25, 0.3) is 0 Å². The van der Waals surface area contributed by atoms with Crippen LogP contribution in [0.4, 0.5) is 4.79 Å². The predicted molar refractivity (Wildman–Crippen MR) is 162 cm³/mol. The Labute approximate surface area is 257 Å². The van der Waals surface area contributed by atoms with Crippen LogP contribution in [0, 0.1) is 0 Å². The molecule has 0 aromatic heterocycles. The van der Waals surface area contributed by atoms with Gasteiger partial charge in [-0.05, 0) is 66.8 Å². The lowest BCUT2D eigenvalue weighted by Crippen LogP contribution is -2.36. The molecule has 0 saturated carbocycles. The van der Waals surface area contributed by atoms with Crippen LogP contribution in [0.25, 0.3) is 0 Å². The first-order valence-electron chi connectivity index (χ1n) is 13.9. The number of carboxylic acid groups (broad SMARTS) is 1. The lowest BCUT2D eigenvalue weighted by molar-refractivity contribution is -0.149. The normalized spacial score (nSPS) is 11.6. The SMILES string of the molecule is CCOC(Cc1ccc(OCCN(CCCCOCc2cc(Cl)cc(Cl)c2)C(=O)OCc2ccccc2)cc1)C(=O)O. The van der Waals surface area contributed by atoms with Crippen LogP contribution in [0.15, 0.2) is 72.8 Å². The highest BCUT2D eigenvalue weighted by Crippen LogP contribution is 2.20. The van der Waals surface area contributed by atoms with Gasteiger partial charge in [0.1, 0.15) is 19.0 Å². The number of carbonyl (C=O) groups is 2. The van der Waals surface area contributed by atoms with Crippen molar-refractivity contribution >= 4 is 35.3 Å². The highest BCUT2D eigenvalue weighted by molar-refractivity contribution is 6.34. The molecule has 226 valence electrons. The first kappa shape index (κ1) is 33.2. The van der Waals surface area contributed by atoms with Gasteiger partial charge in [-0.1, -0.05) is 65.7 Å². The molecule has 3 rings (SSSR count). The minimum Gasteiger partial charge on any atom is -0.492 e. The van der Waals surface area contributed by atoms with E-state index in [9.17, 15) is 14.7 Å². The fraction of sp³-hybridized carbons (Fsp3) is 0.375. The Kier molecular flexibility index (Phi) is 14.5. The van der Waals surface area contributed by atoms with Crippen LogP contribution in [0.2, 0.25) is 10.0 Å². The van der Waals surface area contributed by atoms with Crippen molar-refractivity contribution in [2.75, 3.05) is 32.9 Å². The van der Waals surface area contributed by atoms with Crippen molar-refractivity contribution in [3.63, 3.8) is 0 Å². The summed E-state index contributed by atoms with van der Waals surface area (Å²) in [4.78, 5) is 25.9. The third-order valence-corrected chi connectivity index (χ3v) is 6.68. The summed E-state index contributed by atoms with van der Waals surface area (Å²) in [5.74, 6) is -0.372. The summed E-state index contributed by atoms with van der Waals surface area (Å²) >= 11 is 12.1. The molecule has 0 aliphatic heterocycles. The molecule has 1 amide bonds. The molecule has 8 nitrogen and oxygen atoms in total. The number of aliphatic carboxylic acids is 1. The zero-order valence-corrected chi connectivity index (χ0v) is 25.2. The monoisotopic (exact) mass is 617 g/mol. The molecule has 10 heteroatoms. The average Bonchev–Trinajstić information content (AvgIpc) is 2.97. The number of rotatable bonds is 18. The number of ether oxygens (including phenoxy) is 4. The van der Waals surface area contributed by atoms with Gasteiger partial charge in [-0.25, -0.2) is 9.59 Å². The van der Waals surface area contributed by atoms with Gasteiger partial charge in [-0.2, -0.15) is 0 Å². The van der Waals surface area contributed by atoms with Crippen LogP contribution in [0.3, 0.4) is 0 Å². The maximum Gasteiger partial charge on any atom is 0.410 e. The maximum absolute atomic E-state index is 12.9. The van der Waals surface area contributed by atoms with E-state index in [2.05, 4.69) is 0 Å². The zero-order chi connectivity index (χ0) is 30.2. The molecule has 0 aliphatic carbocycles. The number of amides is 1. The summed E-state index contributed by atoms with van der Waals surface area (Å²) < 4.78 is 22.5. The fourth-order valence-corrected chi connectivity index (χ4v) is 4.70. The highest BCUT2D eigenvalue weighted by atomic mass is 35.5. The maximum atomic E-state index is 12.9. The molecule has 0 fully saturated rings. The van der Waals surface area contributed by atoms with Crippen molar-refractivity contribution < 1.29 is 33.6 Å². The van der Waals surface area contributed by atoms with Crippen molar-refractivity contribution in [2.45, 2.75) is 45.5 Å². The Morgan fingerprint density at radius 2 is 1.55 bits per heavy atom. The van der Waals surface area contributed by atoms with E-state index in [1.54, 1.807) is 30.0 Å². The number of benzene rings is 3. The number of unbranched alkanes of at least 4 members (excludes halogenated alkanes) is 1. The van der Waals surface area contributed by atoms with Crippen LogP contribution >= 0.6 is 23.2 Å². The third-order valence-electron chi connectivity index (χ3n) is 6.24. The Hall–Kier alpha value is -3.30. The minimum absolute atomic E-state index is 0.183. The van der Waals surface area contributed by atoms with E-state index in [1.165, 1.54) is 0 Å². The summed E-state index contributed by atoms with van der Waals surface area (Å²) in [6.07, 6.45) is 0.427. The molecule has 0 saturated heterocycles. The van der Waals surface area contributed by atoms with Gasteiger partial charge in [0, 0.05) is 36.2 Å². The second-order valence-electron chi connectivity index (χ2n) is 9.54. The Morgan fingerprint density at radius 1 is 0.833 bits per heavy atom. The number of halogens is 2. The van der Waals surface area contributed by atoms with E-state index >= 15 is 0 Å². The molecule has 3 aromatic rings. The van der Waals surface area contributed by atoms with Crippen LogP contribution in [-0.4, -0.2) is 61.1 Å². The van der Waals surface area contributed by atoms with Crippen molar-refractivity contribution in [2.24, 2.45) is 0 Å². The van der Waals surface area contributed by atoms with Gasteiger partial charge in [0.15, 0.2) is 6.10 Å². The molecule has 0 radical (unpaired) electrons. The van der Waals surface area contributed by atoms with E-state index < -0.39 is 18.2 Å². The molecule has 0 spiro atoms. The number of carbonyl (C=O) groups excluding carboxylic acids is 1. The molecule has 0 bridgehead atoms. The molecule has 0 aliphatic rings. The van der Waals surface area contributed by atoms with E-state index in [-0.39, 0.29) is 19.6 Å². The van der Waals surface area contributed by atoms with Crippen LogP contribution < -0.4 is 4.74 Å². The number of carboxylic acids is 1. The molecular weight excluding hydrogens is 581 g/mol. The third kappa shape index (κ3) is 12.3.